The first-order valence-corrected chi connectivity index (χ1v) is 25.7. The summed E-state index contributed by atoms with van der Waals surface area (Å²) in [4.78, 5) is 37.5. The summed E-state index contributed by atoms with van der Waals surface area (Å²) in [5.74, 6) is -0.882. The van der Waals surface area contributed by atoms with Crippen LogP contribution in [0, 0.1) is 0 Å². The Hall–Kier alpha value is -1.85. The van der Waals surface area contributed by atoms with Gasteiger partial charge in [0.2, 0.25) is 0 Å². The van der Waals surface area contributed by atoms with Crippen molar-refractivity contribution in [3.05, 3.63) is 12.2 Å². The Balaban J connectivity index is 3.98. The number of esters is 3. The van der Waals surface area contributed by atoms with E-state index in [4.69, 9.17) is 14.2 Å². The van der Waals surface area contributed by atoms with Crippen LogP contribution >= 0.6 is 0 Å². The van der Waals surface area contributed by atoms with Crippen LogP contribution in [0.15, 0.2) is 12.2 Å². The number of hydrogen-bond acceptors (Lipinski definition) is 6. The third kappa shape index (κ3) is 45.2. The number of allylic oxidation sites excluding steroid dienone is 2. The molecule has 0 aromatic carbocycles. The van der Waals surface area contributed by atoms with Gasteiger partial charge in [0, 0.05) is 19.3 Å². The van der Waals surface area contributed by atoms with E-state index in [1.165, 1.54) is 173 Å². The van der Waals surface area contributed by atoms with Crippen LogP contribution in [-0.2, 0) is 28.6 Å². The minimum atomic E-state index is -0.765. The number of carbonyl (C=O) groups is 3. The standard InChI is InChI=1S/C52H98O6/c1-4-7-10-13-15-17-19-20-21-22-23-24-25-26-27-28-29-30-31-33-34-36-39-42-45-51(54)57-48-49(47-56-50(53)44-41-38-12-9-6-3)58-52(55)46-43-40-37-35-32-18-16-14-11-8-5-2/h14,16,49H,4-13,15,17-48H2,1-3H3/b16-14-. The van der Waals surface area contributed by atoms with E-state index < -0.39 is 6.10 Å². The van der Waals surface area contributed by atoms with E-state index in [1.807, 2.05) is 0 Å². The SMILES string of the molecule is CCCC/C=C\CCCCCCCC(=O)OC(COC(=O)CCCCCCC)COC(=O)CCCCCCCCCCCCCCCCCCCCCCCCCC. The van der Waals surface area contributed by atoms with E-state index in [-0.39, 0.29) is 31.1 Å². The summed E-state index contributed by atoms with van der Waals surface area (Å²) >= 11 is 0. The van der Waals surface area contributed by atoms with Crippen molar-refractivity contribution in [1.29, 1.82) is 0 Å². The maximum absolute atomic E-state index is 12.7. The van der Waals surface area contributed by atoms with Crippen LogP contribution in [0.25, 0.3) is 0 Å². The molecule has 1 unspecified atom stereocenters. The molecule has 0 bridgehead atoms. The Labute approximate surface area is 360 Å². The van der Waals surface area contributed by atoms with Crippen molar-refractivity contribution in [2.45, 2.75) is 290 Å². The summed E-state index contributed by atoms with van der Waals surface area (Å²) in [6.45, 7) is 6.54. The summed E-state index contributed by atoms with van der Waals surface area (Å²) in [5.41, 5.74) is 0. The smallest absolute Gasteiger partial charge is 0.306 e. The lowest BCUT2D eigenvalue weighted by molar-refractivity contribution is -0.167. The molecule has 0 amide bonds. The molecule has 0 radical (unpaired) electrons. The summed E-state index contributed by atoms with van der Waals surface area (Å²) in [5, 5.41) is 0. The van der Waals surface area contributed by atoms with Gasteiger partial charge in [0.15, 0.2) is 6.10 Å². The highest BCUT2D eigenvalue weighted by Crippen LogP contribution is 2.17. The molecule has 0 aliphatic rings. The largest absolute Gasteiger partial charge is 0.462 e. The number of unbranched alkanes of at least 4 members (excludes halogenated alkanes) is 34. The first kappa shape index (κ1) is 56.1. The van der Waals surface area contributed by atoms with Crippen LogP contribution in [0.2, 0.25) is 0 Å². The number of hydrogen-bond donors (Lipinski definition) is 0. The first-order chi connectivity index (χ1) is 28.5. The van der Waals surface area contributed by atoms with Crippen molar-refractivity contribution in [3.8, 4) is 0 Å². The molecule has 0 saturated carbocycles. The van der Waals surface area contributed by atoms with Gasteiger partial charge in [-0.15, -0.1) is 0 Å². The zero-order valence-electron chi connectivity index (χ0n) is 39.1. The molecular weight excluding hydrogens is 721 g/mol. The van der Waals surface area contributed by atoms with Crippen LogP contribution in [-0.4, -0.2) is 37.2 Å². The number of carbonyl (C=O) groups excluding carboxylic acids is 3. The summed E-state index contributed by atoms with van der Waals surface area (Å²) in [6, 6.07) is 0. The van der Waals surface area contributed by atoms with Crippen LogP contribution < -0.4 is 0 Å². The molecular formula is C52H98O6. The van der Waals surface area contributed by atoms with Gasteiger partial charge in [0.1, 0.15) is 13.2 Å². The van der Waals surface area contributed by atoms with Crippen LogP contribution in [0.1, 0.15) is 284 Å². The molecule has 0 aromatic rings. The van der Waals surface area contributed by atoms with Gasteiger partial charge in [-0.05, 0) is 38.5 Å². The minimum absolute atomic E-state index is 0.0699. The molecule has 0 rings (SSSR count). The second-order valence-corrected chi connectivity index (χ2v) is 17.4. The molecule has 1 atom stereocenters. The van der Waals surface area contributed by atoms with Crippen molar-refractivity contribution in [1.82, 2.24) is 0 Å². The van der Waals surface area contributed by atoms with E-state index in [0.29, 0.717) is 19.3 Å². The Morgan fingerprint density at radius 1 is 0.328 bits per heavy atom. The number of rotatable bonds is 47. The van der Waals surface area contributed by atoms with Crippen molar-refractivity contribution < 1.29 is 28.6 Å². The molecule has 6 heteroatoms. The van der Waals surface area contributed by atoms with Gasteiger partial charge in [-0.1, -0.05) is 238 Å². The quantitative estimate of drug-likeness (QED) is 0.0263. The lowest BCUT2D eigenvalue weighted by atomic mass is 10.0. The fraction of sp³-hybridized carbons (Fsp3) is 0.904. The second-order valence-electron chi connectivity index (χ2n) is 17.4. The average Bonchev–Trinajstić information content (AvgIpc) is 3.22. The van der Waals surface area contributed by atoms with Crippen LogP contribution in [0.5, 0.6) is 0 Å². The highest BCUT2D eigenvalue weighted by molar-refractivity contribution is 5.71. The molecule has 6 nitrogen and oxygen atoms in total. The molecule has 0 heterocycles. The Bertz CT molecular complexity index is 900. The van der Waals surface area contributed by atoms with Gasteiger partial charge >= 0.3 is 17.9 Å². The second kappa shape index (κ2) is 47.8. The third-order valence-corrected chi connectivity index (χ3v) is 11.5. The zero-order chi connectivity index (χ0) is 42.3. The highest BCUT2D eigenvalue weighted by atomic mass is 16.6. The van der Waals surface area contributed by atoms with E-state index in [2.05, 4.69) is 32.9 Å². The van der Waals surface area contributed by atoms with E-state index in [9.17, 15) is 14.4 Å². The Morgan fingerprint density at radius 2 is 0.586 bits per heavy atom. The minimum Gasteiger partial charge on any atom is -0.462 e. The zero-order valence-corrected chi connectivity index (χ0v) is 39.1. The molecule has 0 N–H and O–H groups in total. The van der Waals surface area contributed by atoms with Crippen molar-refractivity contribution in [3.63, 3.8) is 0 Å². The topological polar surface area (TPSA) is 78.9 Å². The highest BCUT2D eigenvalue weighted by Gasteiger charge is 2.19. The van der Waals surface area contributed by atoms with Gasteiger partial charge in [0.05, 0.1) is 0 Å². The Morgan fingerprint density at radius 3 is 0.914 bits per heavy atom. The normalized spacial score (nSPS) is 12.0. The molecule has 58 heavy (non-hydrogen) atoms. The van der Waals surface area contributed by atoms with E-state index in [0.717, 1.165) is 70.6 Å². The summed E-state index contributed by atoms with van der Waals surface area (Å²) < 4.78 is 16.6. The van der Waals surface area contributed by atoms with Gasteiger partial charge in [-0.3, -0.25) is 14.4 Å². The van der Waals surface area contributed by atoms with Gasteiger partial charge in [-0.25, -0.2) is 0 Å². The summed E-state index contributed by atoms with van der Waals surface area (Å²) in [7, 11) is 0. The molecule has 0 fully saturated rings. The molecule has 0 saturated heterocycles. The van der Waals surface area contributed by atoms with Crippen molar-refractivity contribution >= 4 is 17.9 Å². The van der Waals surface area contributed by atoms with Gasteiger partial charge in [-0.2, -0.15) is 0 Å². The van der Waals surface area contributed by atoms with Crippen molar-refractivity contribution in [2.24, 2.45) is 0 Å². The Kier molecular flexibility index (Phi) is 46.3. The van der Waals surface area contributed by atoms with E-state index in [1.54, 1.807) is 0 Å². The van der Waals surface area contributed by atoms with Gasteiger partial charge < -0.3 is 14.2 Å². The van der Waals surface area contributed by atoms with E-state index >= 15 is 0 Å². The van der Waals surface area contributed by atoms with Crippen molar-refractivity contribution in [2.75, 3.05) is 13.2 Å². The molecule has 342 valence electrons. The monoisotopic (exact) mass is 819 g/mol. The molecule has 0 spiro atoms. The predicted molar refractivity (Wildman–Crippen MR) is 247 cm³/mol. The fourth-order valence-electron chi connectivity index (χ4n) is 7.60. The lowest BCUT2D eigenvalue weighted by Gasteiger charge is -2.18. The summed E-state index contributed by atoms with van der Waals surface area (Å²) in [6.07, 6.45) is 52.5. The first-order valence-electron chi connectivity index (χ1n) is 25.7. The molecule has 0 aliphatic heterocycles. The van der Waals surface area contributed by atoms with Crippen LogP contribution in [0.4, 0.5) is 0 Å². The third-order valence-electron chi connectivity index (χ3n) is 11.5. The maximum Gasteiger partial charge on any atom is 0.306 e. The van der Waals surface area contributed by atoms with Gasteiger partial charge in [0.25, 0.3) is 0 Å². The van der Waals surface area contributed by atoms with Crippen LogP contribution in [0.3, 0.4) is 0 Å². The molecule has 0 aromatic heterocycles. The fourth-order valence-corrected chi connectivity index (χ4v) is 7.60. The predicted octanol–water partition coefficient (Wildman–Crippen LogP) is 16.6. The lowest BCUT2D eigenvalue weighted by Crippen LogP contribution is -2.30. The average molecular weight is 819 g/mol. The number of ether oxygens (including phenoxy) is 3. The maximum atomic E-state index is 12.7. The molecule has 0 aliphatic carbocycles.